The molecule has 96 valence electrons. The fraction of sp³-hybridized carbons (Fsp3) is 0.636. The number of nitrogens with zero attached hydrogens (tertiary/aromatic N) is 1. The molecule has 1 heterocycles. The summed E-state index contributed by atoms with van der Waals surface area (Å²) in [6.07, 6.45) is 2.70. The van der Waals surface area contributed by atoms with E-state index in [0.717, 1.165) is 11.4 Å². The lowest BCUT2D eigenvalue weighted by molar-refractivity contribution is -0.120. The van der Waals surface area contributed by atoms with Crippen LogP contribution in [0.1, 0.15) is 24.4 Å². The van der Waals surface area contributed by atoms with Crippen LogP contribution in [-0.4, -0.2) is 37.7 Å². The number of nitrogens with one attached hydrogen (secondary N) is 2. The standard InChI is InChI=1S/C11H19N3O2S/c1-3-9(11-13-5-7-17-11)14-8-10(15)12-4-6-16-2/h5,7,9,14H,3-4,6,8H2,1-2H3,(H,12,15). The number of hydrogen-bond acceptors (Lipinski definition) is 5. The van der Waals surface area contributed by atoms with Crippen molar-refractivity contribution < 1.29 is 9.53 Å². The van der Waals surface area contributed by atoms with Crippen molar-refractivity contribution >= 4 is 17.2 Å². The first-order valence-corrected chi connectivity index (χ1v) is 6.54. The van der Waals surface area contributed by atoms with Gasteiger partial charge in [0.15, 0.2) is 0 Å². The molecule has 0 fully saturated rings. The third-order valence-electron chi connectivity index (χ3n) is 2.30. The summed E-state index contributed by atoms with van der Waals surface area (Å²) in [5.74, 6) is -0.0166. The van der Waals surface area contributed by atoms with Crippen LogP contribution in [0.5, 0.6) is 0 Å². The largest absolute Gasteiger partial charge is 0.383 e. The summed E-state index contributed by atoms with van der Waals surface area (Å²) in [5, 5.41) is 8.93. The molecule has 1 rings (SSSR count). The van der Waals surface area contributed by atoms with Crippen LogP contribution in [0.2, 0.25) is 0 Å². The molecule has 0 aromatic carbocycles. The van der Waals surface area contributed by atoms with Crippen molar-refractivity contribution in [3.8, 4) is 0 Å². The molecule has 0 aliphatic rings. The number of aromatic nitrogens is 1. The number of ether oxygens (including phenoxy) is 1. The van der Waals surface area contributed by atoms with Gasteiger partial charge in [-0.25, -0.2) is 4.98 Å². The smallest absolute Gasteiger partial charge is 0.234 e. The van der Waals surface area contributed by atoms with Crippen LogP contribution in [0.25, 0.3) is 0 Å². The minimum Gasteiger partial charge on any atom is -0.383 e. The Morgan fingerprint density at radius 2 is 2.47 bits per heavy atom. The van der Waals surface area contributed by atoms with Gasteiger partial charge in [0.1, 0.15) is 5.01 Å². The van der Waals surface area contributed by atoms with E-state index in [4.69, 9.17) is 4.74 Å². The molecule has 1 atom stereocenters. The third-order valence-corrected chi connectivity index (χ3v) is 3.18. The molecule has 0 radical (unpaired) electrons. The van der Waals surface area contributed by atoms with E-state index in [2.05, 4.69) is 22.5 Å². The number of hydrogen-bond donors (Lipinski definition) is 2. The summed E-state index contributed by atoms with van der Waals surface area (Å²) in [7, 11) is 1.61. The second-order valence-corrected chi connectivity index (χ2v) is 4.48. The van der Waals surface area contributed by atoms with Crippen molar-refractivity contribution in [3.05, 3.63) is 16.6 Å². The number of carbonyl (C=O) groups excluding carboxylic acids is 1. The molecule has 0 bridgehead atoms. The minimum atomic E-state index is -0.0166. The molecule has 1 unspecified atom stereocenters. The van der Waals surface area contributed by atoms with Gasteiger partial charge in [0.05, 0.1) is 19.2 Å². The molecular weight excluding hydrogens is 238 g/mol. The molecular formula is C11H19N3O2S. The van der Waals surface area contributed by atoms with Gasteiger partial charge in [-0.1, -0.05) is 6.92 Å². The van der Waals surface area contributed by atoms with Gasteiger partial charge in [0.2, 0.25) is 5.91 Å². The maximum absolute atomic E-state index is 11.5. The summed E-state index contributed by atoms with van der Waals surface area (Å²) in [6.45, 7) is 3.46. The van der Waals surface area contributed by atoms with E-state index >= 15 is 0 Å². The van der Waals surface area contributed by atoms with Gasteiger partial charge in [-0.15, -0.1) is 11.3 Å². The summed E-state index contributed by atoms with van der Waals surface area (Å²) in [4.78, 5) is 15.7. The van der Waals surface area contributed by atoms with Crippen molar-refractivity contribution in [2.75, 3.05) is 26.8 Å². The Kier molecular flexibility index (Phi) is 6.76. The van der Waals surface area contributed by atoms with Crippen LogP contribution in [0, 0.1) is 0 Å². The molecule has 0 aliphatic heterocycles. The second-order valence-electron chi connectivity index (χ2n) is 3.55. The SMILES string of the molecule is CCC(NCC(=O)NCCOC)c1nccs1. The highest BCUT2D eigenvalue weighted by atomic mass is 32.1. The summed E-state index contributed by atoms with van der Waals surface area (Å²) < 4.78 is 4.85. The van der Waals surface area contributed by atoms with Crippen LogP contribution in [0.4, 0.5) is 0 Å². The van der Waals surface area contributed by atoms with Crippen LogP contribution >= 0.6 is 11.3 Å². The molecule has 0 spiro atoms. The fourth-order valence-electron chi connectivity index (χ4n) is 1.38. The quantitative estimate of drug-likeness (QED) is 0.681. The molecule has 0 saturated heterocycles. The Morgan fingerprint density at radius 1 is 1.65 bits per heavy atom. The van der Waals surface area contributed by atoms with Crippen molar-refractivity contribution in [2.24, 2.45) is 0 Å². The Hall–Kier alpha value is -0.980. The Bertz CT molecular complexity index is 317. The summed E-state index contributed by atoms with van der Waals surface area (Å²) >= 11 is 1.60. The van der Waals surface area contributed by atoms with E-state index in [1.165, 1.54) is 0 Å². The van der Waals surface area contributed by atoms with E-state index in [0.29, 0.717) is 19.7 Å². The van der Waals surface area contributed by atoms with Crippen molar-refractivity contribution in [3.63, 3.8) is 0 Å². The lowest BCUT2D eigenvalue weighted by atomic mass is 10.2. The number of carbonyl (C=O) groups is 1. The number of amides is 1. The highest BCUT2D eigenvalue weighted by molar-refractivity contribution is 7.09. The Morgan fingerprint density at radius 3 is 3.06 bits per heavy atom. The van der Waals surface area contributed by atoms with E-state index in [1.54, 1.807) is 24.6 Å². The first kappa shape index (κ1) is 14.1. The van der Waals surface area contributed by atoms with E-state index in [1.807, 2.05) is 5.38 Å². The van der Waals surface area contributed by atoms with Crippen molar-refractivity contribution in [2.45, 2.75) is 19.4 Å². The van der Waals surface area contributed by atoms with Crippen molar-refractivity contribution in [1.29, 1.82) is 0 Å². The van der Waals surface area contributed by atoms with Gasteiger partial charge in [-0.05, 0) is 6.42 Å². The monoisotopic (exact) mass is 257 g/mol. The van der Waals surface area contributed by atoms with Gasteiger partial charge in [0.25, 0.3) is 0 Å². The predicted molar refractivity (Wildman–Crippen MR) is 68.0 cm³/mol. The van der Waals surface area contributed by atoms with E-state index in [-0.39, 0.29) is 11.9 Å². The normalized spacial score (nSPS) is 12.4. The highest BCUT2D eigenvalue weighted by Crippen LogP contribution is 2.17. The molecule has 0 aliphatic carbocycles. The van der Waals surface area contributed by atoms with Crippen molar-refractivity contribution in [1.82, 2.24) is 15.6 Å². The van der Waals surface area contributed by atoms with E-state index in [9.17, 15) is 4.79 Å². The van der Waals surface area contributed by atoms with Gasteiger partial charge in [0, 0.05) is 25.2 Å². The molecule has 6 heteroatoms. The van der Waals surface area contributed by atoms with Gasteiger partial charge in [-0.2, -0.15) is 0 Å². The van der Waals surface area contributed by atoms with Gasteiger partial charge >= 0.3 is 0 Å². The lowest BCUT2D eigenvalue weighted by Crippen LogP contribution is -2.37. The number of thiazole rings is 1. The molecule has 1 aromatic heterocycles. The Labute approximate surface area is 106 Å². The predicted octanol–water partition coefficient (Wildman–Crippen LogP) is 0.946. The first-order valence-electron chi connectivity index (χ1n) is 5.66. The topological polar surface area (TPSA) is 63.2 Å². The molecule has 17 heavy (non-hydrogen) atoms. The van der Waals surface area contributed by atoms with Crippen LogP contribution in [-0.2, 0) is 9.53 Å². The second kappa shape index (κ2) is 8.16. The fourth-order valence-corrected chi connectivity index (χ4v) is 2.18. The average molecular weight is 257 g/mol. The molecule has 1 aromatic rings. The summed E-state index contributed by atoms with van der Waals surface area (Å²) in [5.41, 5.74) is 0. The van der Waals surface area contributed by atoms with Crippen LogP contribution in [0.15, 0.2) is 11.6 Å². The zero-order valence-electron chi connectivity index (χ0n) is 10.2. The van der Waals surface area contributed by atoms with E-state index < -0.39 is 0 Å². The molecule has 5 nitrogen and oxygen atoms in total. The van der Waals surface area contributed by atoms with Crippen LogP contribution in [0.3, 0.4) is 0 Å². The molecule has 0 saturated carbocycles. The lowest BCUT2D eigenvalue weighted by Gasteiger charge is -2.14. The maximum atomic E-state index is 11.5. The highest BCUT2D eigenvalue weighted by Gasteiger charge is 2.12. The first-order chi connectivity index (χ1) is 8.27. The minimum absolute atomic E-state index is 0.0166. The number of rotatable bonds is 8. The van der Waals surface area contributed by atoms with Gasteiger partial charge < -0.3 is 10.1 Å². The third kappa shape index (κ3) is 5.25. The molecule has 1 amide bonds. The Balaban J connectivity index is 2.26. The maximum Gasteiger partial charge on any atom is 0.234 e. The van der Waals surface area contributed by atoms with Crippen LogP contribution < -0.4 is 10.6 Å². The average Bonchev–Trinajstić information content (AvgIpc) is 2.84. The van der Waals surface area contributed by atoms with Gasteiger partial charge in [-0.3, -0.25) is 10.1 Å². The zero-order chi connectivity index (χ0) is 12.5. The number of methoxy groups -OCH3 is 1. The summed E-state index contributed by atoms with van der Waals surface area (Å²) in [6, 6.07) is 0.156. The molecule has 2 N–H and O–H groups in total. The zero-order valence-corrected chi connectivity index (χ0v) is 11.0.